The highest BCUT2D eigenvalue weighted by Crippen LogP contribution is 2.24. The Morgan fingerprint density at radius 1 is 1.33 bits per heavy atom. The summed E-state index contributed by atoms with van der Waals surface area (Å²) in [4.78, 5) is 18.2. The van der Waals surface area contributed by atoms with Crippen LogP contribution < -0.4 is 10.1 Å². The molecule has 1 fully saturated rings. The summed E-state index contributed by atoms with van der Waals surface area (Å²) < 4.78 is 11.1. The van der Waals surface area contributed by atoms with Gasteiger partial charge < -0.3 is 19.8 Å². The Hall–Kier alpha value is -2.05. The lowest BCUT2D eigenvalue weighted by atomic mass is 10.00. The number of aromatic amines is 1. The summed E-state index contributed by atoms with van der Waals surface area (Å²) in [6, 6.07) is 5.85. The SMILES string of the molecule is COc1ccc2[nH]cc(CC(=O)NCC(C)(C)N3CC(C)OC(C)C3)c2c1. The van der Waals surface area contributed by atoms with E-state index in [4.69, 9.17) is 9.47 Å². The van der Waals surface area contributed by atoms with E-state index in [-0.39, 0.29) is 23.7 Å². The van der Waals surface area contributed by atoms with Crippen LogP contribution in [0.5, 0.6) is 5.75 Å². The van der Waals surface area contributed by atoms with Crippen molar-refractivity contribution in [2.75, 3.05) is 26.7 Å². The third-order valence-corrected chi connectivity index (χ3v) is 5.32. The second-order valence-electron chi connectivity index (χ2n) is 8.15. The number of hydrogen-bond acceptors (Lipinski definition) is 4. The van der Waals surface area contributed by atoms with Crippen molar-refractivity contribution in [3.63, 3.8) is 0 Å². The van der Waals surface area contributed by atoms with E-state index in [2.05, 4.69) is 42.9 Å². The number of fused-ring (bicyclic) bond motifs is 1. The Morgan fingerprint density at radius 2 is 2.04 bits per heavy atom. The Kier molecular flexibility index (Phi) is 5.77. The van der Waals surface area contributed by atoms with Gasteiger partial charge in [0.15, 0.2) is 0 Å². The van der Waals surface area contributed by atoms with E-state index < -0.39 is 0 Å². The summed E-state index contributed by atoms with van der Waals surface area (Å²) in [5.41, 5.74) is 1.87. The van der Waals surface area contributed by atoms with Crippen LogP contribution in [0.2, 0.25) is 0 Å². The van der Waals surface area contributed by atoms with Gasteiger partial charge in [-0.05, 0) is 51.5 Å². The number of benzene rings is 1. The minimum atomic E-state index is -0.120. The summed E-state index contributed by atoms with van der Waals surface area (Å²) in [5.74, 6) is 0.821. The predicted octanol–water partition coefficient (Wildman–Crippen LogP) is 2.72. The summed E-state index contributed by atoms with van der Waals surface area (Å²) in [7, 11) is 1.65. The molecule has 1 aliphatic heterocycles. The van der Waals surface area contributed by atoms with Crippen LogP contribution in [-0.2, 0) is 16.0 Å². The first-order valence-corrected chi connectivity index (χ1v) is 9.59. The van der Waals surface area contributed by atoms with Crippen LogP contribution in [0, 0.1) is 0 Å². The van der Waals surface area contributed by atoms with Crippen LogP contribution in [0.4, 0.5) is 0 Å². The van der Waals surface area contributed by atoms with Gasteiger partial charge in [-0.25, -0.2) is 0 Å². The van der Waals surface area contributed by atoms with E-state index in [1.165, 1.54) is 0 Å². The molecule has 2 heterocycles. The zero-order chi connectivity index (χ0) is 19.6. The number of morpholine rings is 1. The van der Waals surface area contributed by atoms with E-state index in [0.717, 1.165) is 35.3 Å². The summed E-state index contributed by atoms with van der Waals surface area (Å²) in [6.07, 6.45) is 2.68. The quantitative estimate of drug-likeness (QED) is 0.817. The second-order valence-corrected chi connectivity index (χ2v) is 8.15. The van der Waals surface area contributed by atoms with Crippen molar-refractivity contribution in [1.82, 2.24) is 15.2 Å². The zero-order valence-corrected chi connectivity index (χ0v) is 17.0. The lowest BCUT2D eigenvalue weighted by molar-refractivity contribution is -0.122. The fourth-order valence-corrected chi connectivity index (χ4v) is 3.77. The third kappa shape index (κ3) is 4.62. The molecule has 1 saturated heterocycles. The summed E-state index contributed by atoms with van der Waals surface area (Å²) >= 11 is 0. The van der Waals surface area contributed by atoms with Gasteiger partial charge in [-0.15, -0.1) is 0 Å². The molecule has 0 saturated carbocycles. The van der Waals surface area contributed by atoms with Gasteiger partial charge >= 0.3 is 0 Å². The van der Waals surface area contributed by atoms with Gasteiger partial charge in [0.1, 0.15) is 5.75 Å². The van der Waals surface area contributed by atoms with Crippen LogP contribution in [0.1, 0.15) is 33.3 Å². The highest BCUT2D eigenvalue weighted by Gasteiger charge is 2.33. The van der Waals surface area contributed by atoms with Gasteiger partial charge in [-0.1, -0.05) is 0 Å². The molecule has 148 valence electrons. The smallest absolute Gasteiger partial charge is 0.224 e. The fraction of sp³-hybridized carbons (Fsp3) is 0.571. The minimum Gasteiger partial charge on any atom is -0.497 e. The molecule has 1 aromatic heterocycles. The number of H-pyrrole nitrogens is 1. The Bertz CT molecular complexity index is 789. The maximum absolute atomic E-state index is 12.6. The molecule has 0 bridgehead atoms. The minimum absolute atomic E-state index is 0.0288. The molecule has 3 rings (SSSR count). The molecule has 0 aliphatic carbocycles. The monoisotopic (exact) mass is 373 g/mol. The van der Waals surface area contributed by atoms with Crippen molar-refractivity contribution in [2.45, 2.75) is 51.9 Å². The van der Waals surface area contributed by atoms with Crippen molar-refractivity contribution in [1.29, 1.82) is 0 Å². The molecule has 1 amide bonds. The van der Waals surface area contributed by atoms with Crippen LogP contribution in [0.3, 0.4) is 0 Å². The predicted molar refractivity (Wildman–Crippen MR) is 107 cm³/mol. The lowest BCUT2D eigenvalue weighted by Crippen LogP contribution is -2.58. The molecule has 6 nitrogen and oxygen atoms in total. The number of methoxy groups -OCH3 is 1. The molecule has 0 radical (unpaired) electrons. The van der Waals surface area contributed by atoms with E-state index >= 15 is 0 Å². The number of amides is 1. The van der Waals surface area contributed by atoms with Crippen molar-refractivity contribution in [2.24, 2.45) is 0 Å². The molecule has 1 aliphatic rings. The maximum Gasteiger partial charge on any atom is 0.224 e. The van der Waals surface area contributed by atoms with Gasteiger partial charge in [0.25, 0.3) is 0 Å². The topological polar surface area (TPSA) is 66.6 Å². The van der Waals surface area contributed by atoms with Gasteiger partial charge in [0.05, 0.1) is 25.7 Å². The number of aromatic nitrogens is 1. The number of hydrogen-bond donors (Lipinski definition) is 2. The Labute approximate surface area is 161 Å². The lowest BCUT2D eigenvalue weighted by Gasteiger charge is -2.45. The first-order chi connectivity index (χ1) is 12.8. The molecular weight excluding hydrogens is 342 g/mol. The molecule has 27 heavy (non-hydrogen) atoms. The molecule has 2 aromatic rings. The van der Waals surface area contributed by atoms with E-state index in [9.17, 15) is 4.79 Å². The fourth-order valence-electron chi connectivity index (χ4n) is 3.77. The highest BCUT2D eigenvalue weighted by molar-refractivity contribution is 5.89. The van der Waals surface area contributed by atoms with Gasteiger partial charge in [0, 0.05) is 42.3 Å². The van der Waals surface area contributed by atoms with Gasteiger partial charge in [0.2, 0.25) is 5.91 Å². The second kappa shape index (κ2) is 7.90. The average molecular weight is 373 g/mol. The normalized spacial score (nSPS) is 21.4. The zero-order valence-electron chi connectivity index (χ0n) is 17.0. The molecular formula is C21H31N3O3. The number of rotatable bonds is 6. The molecule has 2 atom stereocenters. The average Bonchev–Trinajstić information content (AvgIpc) is 3.01. The first kappa shape index (κ1) is 19.7. The number of carbonyl (C=O) groups is 1. The van der Waals surface area contributed by atoms with Crippen molar-refractivity contribution in [3.05, 3.63) is 30.0 Å². The van der Waals surface area contributed by atoms with Gasteiger partial charge in [-0.2, -0.15) is 0 Å². The Morgan fingerprint density at radius 3 is 2.70 bits per heavy atom. The van der Waals surface area contributed by atoms with Crippen LogP contribution >= 0.6 is 0 Å². The van der Waals surface area contributed by atoms with E-state index in [0.29, 0.717) is 13.0 Å². The summed E-state index contributed by atoms with van der Waals surface area (Å²) in [6.45, 7) is 10.9. The number of ether oxygens (including phenoxy) is 2. The van der Waals surface area contributed by atoms with E-state index in [1.807, 2.05) is 24.4 Å². The van der Waals surface area contributed by atoms with Crippen molar-refractivity contribution < 1.29 is 14.3 Å². The van der Waals surface area contributed by atoms with Crippen LogP contribution in [-0.4, -0.2) is 60.3 Å². The summed E-state index contributed by atoms with van der Waals surface area (Å²) in [5, 5.41) is 4.14. The van der Waals surface area contributed by atoms with Crippen LogP contribution in [0.25, 0.3) is 10.9 Å². The maximum atomic E-state index is 12.6. The number of nitrogens with one attached hydrogen (secondary N) is 2. The first-order valence-electron chi connectivity index (χ1n) is 9.59. The van der Waals surface area contributed by atoms with Crippen molar-refractivity contribution >= 4 is 16.8 Å². The van der Waals surface area contributed by atoms with Gasteiger partial charge in [-0.3, -0.25) is 9.69 Å². The van der Waals surface area contributed by atoms with Crippen LogP contribution in [0.15, 0.2) is 24.4 Å². The third-order valence-electron chi connectivity index (χ3n) is 5.32. The molecule has 6 heteroatoms. The molecule has 1 aromatic carbocycles. The number of carbonyl (C=O) groups excluding carboxylic acids is 1. The molecule has 2 N–H and O–H groups in total. The molecule has 0 spiro atoms. The number of nitrogens with zero attached hydrogens (tertiary/aromatic N) is 1. The molecule has 2 unspecified atom stereocenters. The Balaban J connectivity index is 1.61. The van der Waals surface area contributed by atoms with E-state index in [1.54, 1.807) is 7.11 Å². The standard InChI is InChI=1S/C21H31N3O3/c1-14-11-24(12-15(2)27-14)21(3,4)13-23-20(25)8-16-10-22-19-7-6-17(26-5)9-18(16)19/h6-7,9-10,14-15,22H,8,11-13H2,1-5H3,(H,23,25). The largest absolute Gasteiger partial charge is 0.497 e. The van der Waals surface area contributed by atoms with Crippen molar-refractivity contribution in [3.8, 4) is 5.75 Å². The highest BCUT2D eigenvalue weighted by atomic mass is 16.5.